The van der Waals surface area contributed by atoms with Crippen molar-refractivity contribution in [1.82, 2.24) is 0 Å². The van der Waals surface area contributed by atoms with Crippen LogP contribution in [0.2, 0.25) is 0 Å². The van der Waals surface area contributed by atoms with Gasteiger partial charge < -0.3 is 14.2 Å². The van der Waals surface area contributed by atoms with E-state index in [0.29, 0.717) is 25.9 Å². The van der Waals surface area contributed by atoms with E-state index in [9.17, 15) is 9.59 Å². The monoisotopic (exact) mass is 869 g/mol. The summed E-state index contributed by atoms with van der Waals surface area (Å²) in [5, 5.41) is 0. The third-order valence-corrected chi connectivity index (χ3v) is 11.9. The van der Waals surface area contributed by atoms with Gasteiger partial charge in [-0.3, -0.25) is 9.59 Å². The maximum absolute atomic E-state index is 12.8. The number of carbonyl (C=O) groups excluding carboxylic acids is 2. The number of hydrogen-bond donors (Lipinski definition) is 0. The third-order valence-electron chi connectivity index (χ3n) is 11.9. The quantitative estimate of drug-likeness (QED) is 0.0346. The van der Waals surface area contributed by atoms with Crippen LogP contribution >= 0.6 is 0 Å². The first-order valence-electron chi connectivity index (χ1n) is 27.2. The Hall–Kier alpha value is -2.14. The zero-order valence-electron chi connectivity index (χ0n) is 41.6. The molecule has 0 heterocycles. The van der Waals surface area contributed by atoms with Crippen molar-refractivity contribution in [1.29, 1.82) is 0 Å². The highest BCUT2D eigenvalue weighted by Gasteiger charge is 2.17. The van der Waals surface area contributed by atoms with E-state index in [1.165, 1.54) is 186 Å². The summed E-state index contributed by atoms with van der Waals surface area (Å²) >= 11 is 0. The molecule has 0 N–H and O–H groups in total. The van der Waals surface area contributed by atoms with E-state index in [0.717, 1.165) is 51.4 Å². The molecule has 0 amide bonds. The molecule has 62 heavy (non-hydrogen) atoms. The number of hydrogen-bond acceptors (Lipinski definition) is 5. The molecule has 0 aromatic rings. The van der Waals surface area contributed by atoms with Gasteiger partial charge in [0.25, 0.3) is 0 Å². The van der Waals surface area contributed by atoms with Crippen LogP contribution in [0.25, 0.3) is 0 Å². The van der Waals surface area contributed by atoms with Crippen molar-refractivity contribution in [2.24, 2.45) is 0 Å². The van der Waals surface area contributed by atoms with E-state index in [1.807, 2.05) is 6.08 Å². The molecule has 1 atom stereocenters. The van der Waals surface area contributed by atoms with Gasteiger partial charge in [-0.2, -0.15) is 0 Å². The number of esters is 2. The fraction of sp³-hybridized carbons (Fsp3) is 0.825. The van der Waals surface area contributed by atoms with Crippen LogP contribution < -0.4 is 0 Å². The zero-order valence-corrected chi connectivity index (χ0v) is 41.6. The van der Waals surface area contributed by atoms with Gasteiger partial charge in [-0.25, -0.2) is 0 Å². The summed E-state index contributed by atoms with van der Waals surface area (Å²) in [7, 11) is 0. The van der Waals surface area contributed by atoms with Crippen molar-refractivity contribution < 1.29 is 23.8 Å². The van der Waals surface area contributed by atoms with Crippen molar-refractivity contribution in [2.45, 2.75) is 284 Å². The Bertz CT molecular complexity index is 1030. The summed E-state index contributed by atoms with van der Waals surface area (Å²) in [6.45, 7) is 7.68. The molecule has 0 saturated carbocycles. The molecule has 0 spiro atoms. The Morgan fingerprint density at radius 3 is 1.13 bits per heavy atom. The molecule has 0 aromatic carbocycles. The highest BCUT2D eigenvalue weighted by atomic mass is 16.6. The topological polar surface area (TPSA) is 61.8 Å². The number of unbranched alkanes of at least 4 members (excludes halogenated alkanes) is 31. The molecule has 5 nitrogen and oxygen atoms in total. The van der Waals surface area contributed by atoms with Gasteiger partial charge in [0.15, 0.2) is 6.10 Å². The fourth-order valence-corrected chi connectivity index (χ4v) is 7.88. The number of allylic oxidation sites excluding steroid dienone is 8. The second-order valence-electron chi connectivity index (χ2n) is 18.1. The Morgan fingerprint density at radius 2 is 0.726 bits per heavy atom. The van der Waals surface area contributed by atoms with Crippen LogP contribution in [0.15, 0.2) is 48.6 Å². The predicted molar refractivity (Wildman–Crippen MR) is 270 cm³/mol. The second-order valence-corrected chi connectivity index (χ2v) is 18.1. The van der Waals surface area contributed by atoms with Crippen molar-refractivity contribution in [3.8, 4) is 0 Å². The number of ether oxygens (including phenoxy) is 3. The lowest BCUT2D eigenvalue weighted by Gasteiger charge is -2.18. The van der Waals surface area contributed by atoms with E-state index in [1.54, 1.807) is 0 Å². The van der Waals surface area contributed by atoms with E-state index >= 15 is 0 Å². The maximum atomic E-state index is 12.8. The minimum absolute atomic E-state index is 0.0522. The Morgan fingerprint density at radius 1 is 0.371 bits per heavy atom. The van der Waals surface area contributed by atoms with Crippen molar-refractivity contribution in [2.75, 3.05) is 19.8 Å². The van der Waals surface area contributed by atoms with Gasteiger partial charge in [-0.1, -0.05) is 268 Å². The predicted octanol–water partition coefficient (Wildman–Crippen LogP) is 18.3. The van der Waals surface area contributed by atoms with Gasteiger partial charge in [0.1, 0.15) is 6.61 Å². The van der Waals surface area contributed by atoms with Crippen LogP contribution in [0, 0.1) is 0 Å². The van der Waals surface area contributed by atoms with Crippen molar-refractivity contribution in [3.05, 3.63) is 48.6 Å². The standard InChI is InChI=1S/C57H104O5/c1-4-7-10-13-16-19-22-25-26-27-28-29-30-31-34-37-40-43-46-49-52-60-53-55(62-57(59)51-48-45-42-39-36-33-24-21-18-15-12-9-6-3)54-61-56(58)50-47-44-41-38-35-32-23-20-17-14-11-8-5-2/h8,11,17,20,32,35,41,44,55H,4-7,9-10,12-16,18-19,21-31,33-34,36-40,42-43,45-54H2,1-3H3/b11-8-,20-17-,35-32-,44-41-. The number of rotatable bonds is 50. The average molecular weight is 869 g/mol. The molecule has 1 unspecified atom stereocenters. The van der Waals surface area contributed by atoms with E-state index in [4.69, 9.17) is 14.2 Å². The van der Waals surface area contributed by atoms with Gasteiger partial charge >= 0.3 is 11.9 Å². The van der Waals surface area contributed by atoms with Crippen LogP contribution in [-0.2, 0) is 23.8 Å². The molecule has 0 aliphatic rings. The Kier molecular flexibility index (Phi) is 51.4. The molecule has 0 aliphatic carbocycles. The van der Waals surface area contributed by atoms with Crippen LogP contribution in [0.4, 0.5) is 0 Å². The molecule has 0 fully saturated rings. The van der Waals surface area contributed by atoms with Gasteiger partial charge in [-0.05, 0) is 44.9 Å². The Balaban J connectivity index is 4.24. The molecule has 0 aliphatic heterocycles. The first-order valence-corrected chi connectivity index (χ1v) is 27.2. The lowest BCUT2D eigenvalue weighted by atomic mass is 10.0. The van der Waals surface area contributed by atoms with Crippen LogP contribution in [0.3, 0.4) is 0 Å². The SMILES string of the molecule is CC/C=C\C/C=C\C/C=C\C/C=C\CCC(=O)OCC(COCCCCCCCCCCCCCCCCCCCCCC)OC(=O)CCCCCCCCCCCCCCC. The lowest BCUT2D eigenvalue weighted by Crippen LogP contribution is -2.30. The first kappa shape index (κ1) is 59.9. The molecule has 0 rings (SSSR count). The molecular formula is C57H104O5. The van der Waals surface area contributed by atoms with E-state index in [-0.39, 0.29) is 25.2 Å². The minimum Gasteiger partial charge on any atom is -0.462 e. The molecular weight excluding hydrogens is 765 g/mol. The summed E-state index contributed by atoms with van der Waals surface area (Å²) in [5.74, 6) is -0.476. The van der Waals surface area contributed by atoms with Gasteiger partial charge in [0.2, 0.25) is 0 Å². The summed E-state index contributed by atoms with van der Waals surface area (Å²) in [6.07, 6.45) is 65.8. The minimum atomic E-state index is -0.559. The molecule has 0 saturated heterocycles. The highest BCUT2D eigenvalue weighted by Crippen LogP contribution is 2.16. The smallest absolute Gasteiger partial charge is 0.306 e. The molecule has 5 heteroatoms. The summed E-state index contributed by atoms with van der Waals surface area (Å²) in [5.41, 5.74) is 0. The van der Waals surface area contributed by atoms with Crippen molar-refractivity contribution >= 4 is 11.9 Å². The largest absolute Gasteiger partial charge is 0.462 e. The normalized spacial score (nSPS) is 12.5. The zero-order chi connectivity index (χ0) is 44.9. The summed E-state index contributed by atoms with van der Waals surface area (Å²) < 4.78 is 17.4. The average Bonchev–Trinajstić information content (AvgIpc) is 3.27. The second kappa shape index (κ2) is 53.2. The van der Waals surface area contributed by atoms with E-state index < -0.39 is 6.10 Å². The van der Waals surface area contributed by atoms with Crippen molar-refractivity contribution in [3.63, 3.8) is 0 Å². The number of carbonyl (C=O) groups is 2. The Labute approximate surface area is 386 Å². The molecule has 362 valence electrons. The van der Waals surface area contributed by atoms with Gasteiger partial charge in [0.05, 0.1) is 6.61 Å². The third kappa shape index (κ3) is 50.5. The van der Waals surface area contributed by atoms with Gasteiger partial charge in [-0.15, -0.1) is 0 Å². The summed E-state index contributed by atoms with van der Waals surface area (Å²) in [6, 6.07) is 0. The molecule has 0 aromatic heterocycles. The fourth-order valence-electron chi connectivity index (χ4n) is 7.88. The lowest BCUT2D eigenvalue weighted by molar-refractivity contribution is -0.162. The highest BCUT2D eigenvalue weighted by molar-refractivity contribution is 5.70. The first-order chi connectivity index (χ1) is 30.6. The molecule has 0 bridgehead atoms. The summed E-state index contributed by atoms with van der Waals surface area (Å²) in [4.78, 5) is 25.3. The van der Waals surface area contributed by atoms with Crippen LogP contribution in [0.1, 0.15) is 278 Å². The van der Waals surface area contributed by atoms with Crippen LogP contribution in [-0.4, -0.2) is 37.9 Å². The molecule has 0 radical (unpaired) electrons. The van der Waals surface area contributed by atoms with E-state index in [2.05, 4.69) is 63.3 Å². The van der Waals surface area contributed by atoms with Gasteiger partial charge in [0, 0.05) is 19.4 Å². The maximum Gasteiger partial charge on any atom is 0.306 e. The van der Waals surface area contributed by atoms with Crippen LogP contribution in [0.5, 0.6) is 0 Å².